The lowest BCUT2D eigenvalue weighted by atomic mass is 10.0. The average molecular weight is 414 g/mol. The van der Waals surface area contributed by atoms with E-state index in [2.05, 4.69) is 15.4 Å². The third kappa shape index (κ3) is 5.18. The number of benzene rings is 2. The highest BCUT2D eigenvalue weighted by molar-refractivity contribution is 7.92. The molecule has 146 valence electrons. The van der Waals surface area contributed by atoms with Gasteiger partial charge in [0, 0.05) is 36.8 Å². The van der Waals surface area contributed by atoms with Crippen molar-refractivity contribution in [3.8, 4) is 0 Å². The molecule has 1 aliphatic rings. The SMILES string of the molecule is Cc1ccc(C(=O)NCC2CNC2)cc1S(=O)(=O)Nc1ccc(F)cc1.Cl. The molecule has 3 N–H and O–H groups in total. The van der Waals surface area contributed by atoms with Crippen molar-refractivity contribution in [2.24, 2.45) is 5.92 Å². The number of hydrogen-bond acceptors (Lipinski definition) is 4. The van der Waals surface area contributed by atoms with Crippen LogP contribution in [0.5, 0.6) is 0 Å². The molecule has 0 bridgehead atoms. The highest BCUT2D eigenvalue weighted by Gasteiger charge is 2.21. The quantitative estimate of drug-likeness (QED) is 0.678. The molecule has 0 radical (unpaired) electrons. The van der Waals surface area contributed by atoms with E-state index >= 15 is 0 Å². The molecule has 3 rings (SSSR count). The van der Waals surface area contributed by atoms with Crippen LogP contribution in [0.1, 0.15) is 15.9 Å². The molecular formula is C18H21ClFN3O3S. The summed E-state index contributed by atoms with van der Waals surface area (Å²) in [5.41, 5.74) is 1.04. The minimum absolute atomic E-state index is 0. The van der Waals surface area contributed by atoms with Crippen LogP contribution in [0.25, 0.3) is 0 Å². The zero-order valence-corrected chi connectivity index (χ0v) is 16.3. The molecule has 0 atom stereocenters. The van der Waals surface area contributed by atoms with Crippen molar-refractivity contribution >= 4 is 34.0 Å². The molecule has 0 aromatic heterocycles. The number of carbonyl (C=O) groups is 1. The van der Waals surface area contributed by atoms with Gasteiger partial charge in [-0.25, -0.2) is 12.8 Å². The van der Waals surface area contributed by atoms with Crippen LogP contribution < -0.4 is 15.4 Å². The van der Waals surface area contributed by atoms with Crippen LogP contribution in [0.15, 0.2) is 47.4 Å². The van der Waals surface area contributed by atoms with Crippen LogP contribution in [0.3, 0.4) is 0 Å². The number of amides is 1. The fourth-order valence-electron chi connectivity index (χ4n) is 2.59. The van der Waals surface area contributed by atoms with Crippen molar-refractivity contribution < 1.29 is 17.6 Å². The van der Waals surface area contributed by atoms with Crippen LogP contribution >= 0.6 is 12.4 Å². The van der Waals surface area contributed by atoms with Crippen LogP contribution in [-0.4, -0.2) is 34.0 Å². The van der Waals surface area contributed by atoms with Gasteiger partial charge in [0.2, 0.25) is 0 Å². The number of nitrogens with one attached hydrogen (secondary N) is 3. The van der Waals surface area contributed by atoms with E-state index in [0.717, 1.165) is 13.1 Å². The molecule has 0 unspecified atom stereocenters. The molecule has 2 aromatic rings. The molecule has 1 saturated heterocycles. The van der Waals surface area contributed by atoms with Crippen molar-refractivity contribution in [3.63, 3.8) is 0 Å². The van der Waals surface area contributed by atoms with Gasteiger partial charge in [-0.15, -0.1) is 12.4 Å². The maximum Gasteiger partial charge on any atom is 0.262 e. The lowest BCUT2D eigenvalue weighted by Crippen LogP contribution is -2.48. The summed E-state index contributed by atoms with van der Waals surface area (Å²) < 4.78 is 40.7. The second-order valence-corrected chi connectivity index (χ2v) is 7.98. The van der Waals surface area contributed by atoms with Gasteiger partial charge >= 0.3 is 0 Å². The lowest BCUT2D eigenvalue weighted by molar-refractivity contribution is 0.0942. The number of aryl methyl sites for hydroxylation is 1. The standard InChI is InChI=1S/C18H20FN3O3S.ClH/c1-12-2-3-14(18(23)21-11-13-9-20-10-13)8-17(12)26(24,25)22-16-6-4-15(19)5-7-16;/h2-8,13,20,22H,9-11H2,1H3,(H,21,23);1H. The van der Waals surface area contributed by atoms with Gasteiger partial charge < -0.3 is 10.6 Å². The molecule has 1 aliphatic heterocycles. The van der Waals surface area contributed by atoms with Gasteiger partial charge in [-0.3, -0.25) is 9.52 Å². The summed E-state index contributed by atoms with van der Waals surface area (Å²) in [5, 5.41) is 5.94. The smallest absolute Gasteiger partial charge is 0.262 e. The molecule has 0 saturated carbocycles. The molecule has 9 heteroatoms. The Morgan fingerprint density at radius 3 is 2.44 bits per heavy atom. The molecule has 1 fully saturated rings. The Morgan fingerprint density at radius 2 is 1.85 bits per heavy atom. The van der Waals surface area contributed by atoms with Crippen molar-refractivity contribution in [1.29, 1.82) is 0 Å². The minimum atomic E-state index is -3.90. The summed E-state index contributed by atoms with van der Waals surface area (Å²) >= 11 is 0. The Hall–Kier alpha value is -2.16. The van der Waals surface area contributed by atoms with E-state index in [4.69, 9.17) is 0 Å². The highest BCUT2D eigenvalue weighted by atomic mass is 35.5. The van der Waals surface area contributed by atoms with Crippen molar-refractivity contribution in [2.75, 3.05) is 24.4 Å². The Labute approximate surface area is 164 Å². The largest absolute Gasteiger partial charge is 0.352 e. The first kappa shape index (κ1) is 21.1. The van der Waals surface area contributed by atoms with E-state index in [1.165, 1.54) is 30.3 Å². The van der Waals surface area contributed by atoms with Gasteiger partial charge in [0.15, 0.2) is 0 Å². The van der Waals surface area contributed by atoms with Crippen LogP contribution in [0.2, 0.25) is 0 Å². The topological polar surface area (TPSA) is 87.3 Å². The summed E-state index contributed by atoms with van der Waals surface area (Å²) in [7, 11) is -3.90. The molecular weight excluding hydrogens is 393 g/mol. The average Bonchev–Trinajstić information content (AvgIpc) is 2.55. The van der Waals surface area contributed by atoms with Crippen molar-refractivity contribution in [3.05, 3.63) is 59.4 Å². The zero-order chi connectivity index (χ0) is 18.7. The summed E-state index contributed by atoms with van der Waals surface area (Å²) in [4.78, 5) is 12.3. The van der Waals surface area contributed by atoms with Gasteiger partial charge in [-0.1, -0.05) is 6.07 Å². The van der Waals surface area contributed by atoms with Crippen LogP contribution in [0.4, 0.5) is 10.1 Å². The van der Waals surface area contributed by atoms with Gasteiger partial charge in [0.05, 0.1) is 4.90 Å². The number of rotatable bonds is 6. The van der Waals surface area contributed by atoms with Crippen molar-refractivity contribution in [2.45, 2.75) is 11.8 Å². The Balaban J connectivity index is 0.00000261. The first-order valence-electron chi connectivity index (χ1n) is 8.23. The minimum Gasteiger partial charge on any atom is -0.352 e. The second kappa shape index (κ2) is 8.69. The number of anilines is 1. The second-order valence-electron chi connectivity index (χ2n) is 6.33. The fraction of sp³-hybridized carbons (Fsp3) is 0.278. The summed E-state index contributed by atoms with van der Waals surface area (Å²) in [5.74, 6) is -0.354. The Kier molecular flexibility index (Phi) is 6.80. The number of halogens is 2. The fourth-order valence-corrected chi connectivity index (χ4v) is 3.92. The molecule has 0 aliphatic carbocycles. The maximum atomic E-state index is 13.0. The molecule has 27 heavy (non-hydrogen) atoms. The van der Waals surface area contributed by atoms with Gasteiger partial charge in [0.25, 0.3) is 15.9 Å². The number of sulfonamides is 1. The summed E-state index contributed by atoms with van der Waals surface area (Å²) in [6.45, 7) is 3.95. The number of hydrogen-bond donors (Lipinski definition) is 3. The first-order valence-corrected chi connectivity index (χ1v) is 9.71. The van der Waals surface area contributed by atoms with E-state index in [0.29, 0.717) is 18.0 Å². The predicted octanol–water partition coefficient (Wildman–Crippen LogP) is 2.31. The van der Waals surface area contributed by atoms with Gasteiger partial charge in [0.1, 0.15) is 5.82 Å². The maximum absolute atomic E-state index is 13.0. The van der Waals surface area contributed by atoms with Gasteiger partial charge in [-0.2, -0.15) is 0 Å². The molecule has 2 aromatic carbocycles. The van der Waals surface area contributed by atoms with E-state index in [9.17, 15) is 17.6 Å². The van der Waals surface area contributed by atoms with Crippen LogP contribution in [-0.2, 0) is 10.0 Å². The Morgan fingerprint density at radius 1 is 1.19 bits per heavy atom. The lowest BCUT2D eigenvalue weighted by Gasteiger charge is -2.27. The normalized spacial score (nSPS) is 14.0. The third-order valence-electron chi connectivity index (χ3n) is 4.25. The van der Waals surface area contributed by atoms with Crippen molar-refractivity contribution in [1.82, 2.24) is 10.6 Å². The van der Waals surface area contributed by atoms with Crippen LogP contribution in [0, 0.1) is 18.7 Å². The first-order chi connectivity index (χ1) is 12.3. The zero-order valence-electron chi connectivity index (χ0n) is 14.7. The molecule has 0 spiro atoms. The molecule has 1 heterocycles. The van der Waals surface area contributed by atoms with E-state index < -0.39 is 15.8 Å². The van der Waals surface area contributed by atoms with E-state index in [1.807, 2.05) is 0 Å². The van der Waals surface area contributed by atoms with Gasteiger partial charge in [-0.05, 0) is 48.9 Å². The van der Waals surface area contributed by atoms with E-state index in [-0.39, 0.29) is 34.5 Å². The predicted molar refractivity (Wildman–Crippen MR) is 104 cm³/mol. The molecule has 1 amide bonds. The summed E-state index contributed by atoms with van der Waals surface area (Å²) in [6, 6.07) is 9.57. The van der Waals surface area contributed by atoms with E-state index in [1.54, 1.807) is 19.1 Å². The number of carbonyl (C=O) groups excluding carboxylic acids is 1. The highest BCUT2D eigenvalue weighted by Crippen LogP contribution is 2.21. The summed E-state index contributed by atoms with van der Waals surface area (Å²) in [6.07, 6.45) is 0. The molecule has 6 nitrogen and oxygen atoms in total. The third-order valence-corrected chi connectivity index (χ3v) is 5.78. The Bertz CT molecular complexity index is 916. The monoisotopic (exact) mass is 413 g/mol.